The Kier molecular flexibility index (Phi) is 6.27. The number of methoxy groups -OCH3 is 2. The van der Waals surface area contributed by atoms with E-state index in [1.807, 2.05) is 24.3 Å². The summed E-state index contributed by atoms with van der Waals surface area (Å²) in [5.41, 5.74) is 7.37. The molecule has 0 N–H and O–H groups in total. The SMILES string of the molecule is COc1ccc(-c2c3ccccc3c(-c3c4ccccc4c(-c4ccc(OC)cc4)c4ccccc34)c3ccccc23)cc1. The van der Waals surface area contributed by atoms with Crippen LogP contribution in [0, 0.1) is 0 Å². The molecule has 0 aromatic heterocycles. The zero-order valence-corrected chi connectivity index (χ0v) is 24.7. The highest BCUT2D eigenvalue weighted by Gasteiger charge is 2.22. The van der Waals surface area contributed by atoms with Crippen LogP contribution in [0.5, 0.6) is 11.5 Å². The molecule has 0 amide bonds. The highest BCUT2D eigenvalue weighted by atomic mass is 16.5. The monoisotopic (exact) mass is 566 g/mol. The van der Waals surface area contributed by atoms with Crippen molar-refractivity contribution in [3.63, 3.8) is 0 Å². The molecule has 0 aliphatic rings. The maximum absolute atomic E-state index is 5.49. The molecule has 0 spiro atoms. The smallest absolute Gasteiger partial charge is 0.118 e. The summed E-state index contributed by atoms with van der Waals surface area (Å²) < 4.78 is 11.0. The third kappa shape index (κ3) is 4.03. The molecule has 8 aromatic carbocycles. The van der Waals surface area contributed by atoms with Gasteiger partial charge in [0.1, 0.15) is 11.5 Å². The summed E-state index contributed by atoms with van der Waals surface area (Å²) in [6, 6.07) is 52.3. The molecule has 8 rings (SSSR count). The Balaban J connectivity index is 1.54. The lowest BCUT2D eigenvalue weighted by Gasteiger charge is -2.22. The van der Waals surface area contributed by atoms with Crippen molar-refractivity contribution in [3.8, 4) is 44.9 Å². The van der Waals surface area contributed by atoms with Crippen LogP contribution in [-0.4, -0.2) is 14.2 Å². The predicted molar refractivity (Wildman–Crippen MR) is 186 cm³/mol. The number of hydrogen-bond acceptors (Lipinski definition) is 2. The van der Waals surface area contributed by atoms with Crippen molar-refractivity contribution >= 4 is 43.1 Å². The van der Waals surface area contributed by atoms with E-state index in [4.69, 9.17) is 9.47 Å². The van der Waals surface area contributed by atoms with Crippen molar-refractivity contribution in [2.24, 2.45) is 0 Å². The van der Waals surface area contributed by atoms with E-state index in [1.54, 1.807) is 14.2 Å². The Hall–Kier alpha value is -5.60. The van der Waals surface area contributed by atoms with E-state index in [-0.39, 0.29) is 0 Å². The molecule has 0 fully saturated rings. The van der Waals surface area contributed by atoms with Gasteiger partial charge in [0.25, 0.3) is 0 Å². The molecule has 210 valence electrons. The zero-order chi connectivity index (χ0) is 29.6. The Morgan fingerprint density at radius 3 is 0.727 bits per heavy atom. The summed E-state index contributed by atoms with van der Waals surface area (Å²) in [5.74, 6) is 1.71. The average molecular weight is 567 g/mol. The first-order valence-electron chi connectivity index (χ1n) is 14.9. The minimum Gasteiger partial charge on any atom is -0.497 e. The number of rotatable bonds is 5. The van der Waals surface area contributed by atoms with Gasteiger partial charge in [0, 0.05) is 0 Å². The van der Waals surface area contributed by atoms with Gasteiger partial charge in [-0.1, -0.05) is 121 Å². The standard InChI is InChI=1S/C42H30O2/c1-43-29-23-19-27(20-24-29)39-31-11-3-7-15-35(31)41(36-16-8-4-12-32(36)39)42-37-17-9-5-13-33(37)40(34-14-6-10-18-38(34)42)28-21-25-30(44-2)26-22-28/h3-26H,1-2H3. The minimum absolute atomic E-state index is 0.855. The predicted octanol–water partition coefficient (Wildman–Crippen LogP) is 11.3. The fourth-order valence-electron chi connectivity index (χ4n) is 6.93. The highest BCUT2D eigenvalue weighted by molar-refractivity contribution is 6.29. The lowest BCUT2D eigenvalue weighted by atomic mass is 9.81. The molecule has 0 aliphatic heterocycles. The van der Waals surface area contributed by atoms with Gasteiger partial charge in [-0.05, 0) is 101 Å². The normalized spacial score (nSPS) is 11.4. The van der Waals surface area contributed by atoms with Crippen molar-refractivity contribution in [1.82, 2.24) is 0 Å². The van der Waals surface area contributed by atoms with Crippen molar-refractivity contribution in [2.75, 3.05) is 14.2 Å². The Morgan fingerprint density at radius 2 is 0.500 bits per heavy atom. The van der Waals surface area contributed by atoms with Gasteiger partial charge in [-0.3, -0.25) is 0 Å². The minimum atomic E-state index is 0.855. The first-order valence-corrected chi connectivity index (χ1v) is 14.9. The molecule has 0 saturated carbocycles. The molecule has 2 heteroatoms. The van der Waals surface area contributed by atoms with Gasteiger partial charge in [-0.2, -0.15) is 0 Å². The van der Waals surface area contributed by atoms with Crippen molar-refractivity contribution < 1.29 is 9.47 Å². The Bertz CT molecular complexity index is 2050. The molecule has 2 nitrogen and oxygen atoms in total. The lowest BCUT2D eigenvalue weighted by molar-refractivity contribution is 0.415. The first-order chi connectivity index (χ1) is 21.8. The van der Waals surface area contributed by atoms with Crippen molar-refractivity contribution in [3.05, 3.63) is 146 Å². The van der Waals surface area contributed by atoms with E-state index < -0.39 is 0 Å². The van der Waals surface area contributed by atoms with Crippen LogP contribution < -0.4 is 9.47 Å². The summed E-state index contributed by atoms with van der Waals surface area (Å²) in [4.78, 5) is 0. The maximum Gasteiger partial charge on any atom is 0.118 e. The average Bonchev–Trinajstić information content (AvgIpc) is 3.10. The third-order valence-corrected chi connectivity index (χ3v) is 8.87. The largest absolute Gasteiger partial charge is 0.497 e. The Morgan fingerprint density at radius 1 is 0.273 bits per heavy atom. The van der Waals surface area contributed by atoms with E-state index >= 15 is 0 Å². The topological polar surface area (TPSA) is 18.5 Å². The van der Waals surface area contributed by atoms with Crippen LogP contribution in [0.15, 0.2) is 146 Å². The molecule has 0 radical (unpaired) electrons. The number of benzene rings is 8. The molecule has 0 heterocycles. The van der Waals surface area contributed by atoms with Gasteiger partial charge in [0.15, 0.2) is 0 Å². The van der Waals surface area contributed by atoms with Crippen LogP contribution in [0.2, 0.25) is 0 Å². The van der Waals surface area contributed by atoms with Crippen molar-refractivity contribution in [1.29, 1.82) is 0 Å². The van der Waals surface area contributed by atoms with Crippen molar-refractivity contribution in [2.45, 2.75) is 0 Å². The first kappa shape index (κ1) is 26.1. The summed E-state index contributed by atoms with van der Waals surface area (Å²) in [6.07, 6.45) is 0. The quantitative estimate of drug-likeness (QED) is 0.193. The van der Waals surface area contributed by atoms with E-state index in [1.165, 1.54) is 76.5 Å². The second kappa shape index (κ2) is 10.6. The van der Waals surface area contributed by atoms with Gasteiger partial charge < -0.3 is 9.47 Å². The van der Waals surface area contributed by atoms with E-state index in [2.05, 4.69) is 121 Å². The van der Waals surface area contributed by atoms with Crippen LogP contribution >= 0.6 is 0 Å². The molecular weight excluding hydrogens is 536 g/mol. The van der Waals surface area contributed by atoms with Crippen LogP contribution in [-0.2, 0) is 0 Å². The molecular formula is C42H30O2. The third-order valence-electron chi connectivity index (χ3n) is 8.87. The van der Waals surface area contributed by atoms with Gasteiger partial charge in [0.05, 0.1) is 14.2 Å². The van der Waals surface area contributed by atoms with Crippen LogP contribution in [0.3, 0.4) is 0 Å². The number of ether oxygens (including phenoxy) is 2. The van der Waals surface area contributed by atoms with Crippen LogP contribution in [0.4, 0.5) is 0 Å². The molecule has 0 aliphatic carbocycles. The van der Waals surface area contributed by atoms with Gasteiger partial charge in [-0.15, -0.1) is 0 Å². The van der Waals surface area contributed by atoms with Crippen LogP contribution in [0.1, 0.15) is 0 Å². The summed E-state index contributed by atoms with van der Waals surface area (Å²) >= 11 is 0. The summed E-state index contributed by atoms with van der Waals surface area (Å²) in [6.45, 7) is 0. The van der Waals surface area contributed by atoms with E-state index in [0.717, 1.165) is 11.5 Å². The fraction of sp³-hybridized carbons (Fsp3) is 0.0476. The molecule has 0 atom stereocenters. The van der Waals surface area contributed by atoms with E-state index in [9.17, 15) is 0 Å². The number of fused-ring (bicyclic) bond motifs is 4. The summed E-state index contributed by atoms with van der Waals surface area (Å²) in [7, 11) is 3.42. The molecule has 0 unspecified atom stereocenters. The second-order valence-electron chi connectivity index (χ2n) is 11.1. The number of hydrogen-bond donors (Lipinski definition) is 0. The molecule has 44 heavy (non-hydrogen) atoms. The van der Waals surface area contributed by atoms with E-state index in [0.29, 0.717) is 0 Å². The lowest BCUT2D eigenvalue weighted by Crippen LogP contribution is -1.94. The maximum atomic E-state index is 5.49. The molecule has 0 saturated heterocycles. The Labute approximate surface area is 256 Å². The second-order valence-corrected chi connectivity index (χ2v) is 11.1. The zero-order valence-electron chi connectivity index (χ0n) is 24.7. The van der Waals surface area contributed by atoms with Gasteiger partial charge in [-0.25, -0.2) is 0 Å². The molecule has 8 aromatic rings. The van der Waals surface area contributed by atoms with Gasteiger partial charge >= 0.3 is 0 Å². The fourth-order valence-corrected chi connectivity index (χ4v) is 6.93. The summed E-state index contributed by atoms with van der Waals surface area (Å²) in [5, 5.41) is 9.90. The van der Waals surface area contributed by atoms with Crippen LogP contribution in [0.25, 0.3) is 76.5 Å². The molecule has 0 bridgehead atoms. The highest BCUT2D eigenvalue weighted by Crippen LogP contribution is 2.50. The van der Waals surface area contributed by atoms with Gasteiger partial charge in [0.2, 0.25) is 0 Å².